The van der Waals surface area contributed by atoms with Crippen LogP contribution in [0.3, 0.4) is 0 Å². The van der Waals surface area contributed by atoms with Crippen LogP contribution in [0.25, 0.3) is 11.9 Å². The topological polar surface area (TPSA) is 78.6 Å². The Labute approximate surface area is 116 Å². The van der Waals surface area contributed by atoms with E-state index in [4.69, 9.17) is 9.47 Å². The smallest absolute Gasteiger partial charge is 0.341 e. The van der Waals surface area contributed by atoms with Gasteiger partial charge < -0.3 is 9.47 Å². The largest absolute Gasteiger partial charge is 0.498 e. The van der Waals surface area contributed by atoms with Gasteiger partial charge in [0, 0.05) is 12.3 Å². The summed E-state index contributed by atoms with van der Waals surface area (Å²) in [7, 11) is 0. The Morgan fingerprint density at radius 1 is 1.30 bits per heavy atom. The summed E-state index contributed by atoms with van der Waals surface area (Å²) in [6.45, 7) is 6.29. The van der Waals surface area contributed by atoms with Gasteiger partial charge >= 0.3 is 5.97 Å². The van der Waals surface area contributed by atoms with Crippen molar-refractivity contribution in [2.45, 2.75) is 20.8 Å². The van der Waals surface area contributed by atoms with Gasteiger partial charge in [0.2, 0.25) is 0 Å². The molecule has 0 spiro atoms. The lowest BCUT2D eigenvalue weighted by Gasteiger charge is -2.08. The highest BCUT2D eigenvalue weighted by atomic mass is 16.5. The van der Waals surface area contributed by atoms with Crippen LogP contribution in [0.2, 0.25) is 0 Å². The standard InChI is InChI=1S/C13H16N4O3/c1-4-19-9(3)6-11-10(12(18)20-5-2)7-14-13-15-8-16-17(11)13/h6-8H,4-5H2,1-3H3/b9-6+. The number of esters is 1. The van der Waals surface area contributed by atoms with Crippen molar-refractivity contribution >= 4 is 17.8 Å². The molecule has 20 heavy (non-hydrogen) atoms. The van der Waals surface area contributed by atoms with Crippen molar-refractivity contribution in [1.29, 1.82) is 0 Å². The summed E-state index contributed by atoms with van der Waals surface area (Å²) >= 11 is 0. The van der Waals surface area contributed by atoms with Gasteiger partial charge in [-0.1, -0.05) is 0 Å². The van der Waals surface area contributed by atoms with E-state index in [0.29, 0.717) is 36.0 Å². The Kier molecular flexibility index (Phi) is 4.29. The third kappa shape index (κ3) is 2.76. The Hall–Kier alpha value is -2.44. The molecule has 0 amide bonds. The Morgan fingerprint density at radius 3 is 2.75 bits per heavy atom. The number of carbonyl (C=O) groups is 1. The van der Waals surface area contributed by atoms with Gasteiger partial charge in [0.05, 0.1) is 24.7 Å². The normalized spacial score (nSPS) is 11.7. The maximum Gasteiger partial charge on any atom is 0.341 e. The fourth-order valence-corrected chi connectivity index (χ4v) is 1.76. The first kappa shape index (κ1) is 14.0. The van der Waals surface area contributed by atoms with Crippen LogP contribution < -0.4 is 0 Å². The molecule has 0 unspecified atom stereocenters. The third-order valence-electron chi connectivity index (χ3n) is 2.55. The van der Waals surface area contributed by atoms with Gasteiger partial charge in [-0.2, -0.15) is 14.6 Å². The SMILES string of the molecule is CCOC(=O)c1cnc2ncnn2c1/C=C(\C)OCC. The summed E-state index contributed by atoms with van der Waals surface area (Å²) < 4.78 is 11.9. The molecule has 2 heterocycles. The number of hydrogen-bond acceptors (Lipinski definition) is 6. The van der Waals surface area contributed by atoms with Crippen molar-refractivity contribution in [1.82, 2.24) is 19.6 Å². The number of ether oxygens (including phenoxy) is 2. The predicted octanol–water partition coefficient (Wildman–Crippen LogP) is 1.70. The minimum absolute atomic E-state index is 0.293. The Bertz CT molecular complexity index is 648. The van der Waals surface area contributed by atoms with Crippen LogP contribution in [0, 0.1) is 0 Å². The van der Waals surface area contributed by atoms with Crippen LogP contribution in [0.5, 0.6) is 0 Å². The molecule has 0 radical (unpaired) electrons. The van der Waals surface area contributed by atoms with Crippen molar-refractivity contribution in [3.63, 3.8) is 0 Å². The monoisotopic (exact) mass is 276 g/mol. The molecule has 2 rings (SSSR count). The van der Waals surface area contributed by atoms with E-state index in [1.807, 2.05) is 13.8 Å². The number of rotatable bonds is 5. The summed E-state index contributed by atoms with van der Waals surface area (Å²) in [5, 5.41) is 4.07. The maximum absolute atomic E-state index is 12.0. The van der Waals surface area contributed by atoms with E-state index in [2.05, 4.69) is 15.1 Å². The van der Waals surface area contributed by atoms with Gasteiger partial charge in [-0.05, 0) is 20.8 Å². The van der Waals surface area contributed by atoms with Crippen molar-refractivity contribution in [3.8, 4) is 0 Å². The lowest BCUT2D eigenvalue weighted by atomic mass is 10.2. The number of fused-ring (bicyclic) bond motifs is 1. The van der Waals surface area contributed by atoms with E-state index < -0.39 is 5.97 Å². The molecule has 0 fully saturated rings. The molecule has 0 aromatic carbocycles. The zero-order valence-corrected chi connectivity index (χ0v) is 11.7. The minimum Gasteiger partial charge on any atom is -0.498 e. The van der Waals surface area contributed by atoms with Crippen LogP contribution in [0.4, 0.5) is 0 Å². The maximum atomic E-state index is 12.0. The van der Waals surface area contributed by atoms with Gasteiger partial charge in [-0.25, -0.2) is 9.78 Å². The van der Waals surface area contributed by atoms with Gasteiger partial charge in [0.15, 0.2) is 0 Å². The number of allylic oxidation sites excluding steroid dienone is 1. The van der Waals surface area contributed by atoms with E-state index in [9.17, 15) is 4.79 Å². The highest BCUT2D eigenvalue weighted by molar-refractivity contribution is 5.93. The quantitative estimate of drug-likeness (QED) is 0.611. The molecule has 0 bridgehead atoms. The second-order valence-electron chi connectivity index (χ2n) is 3.94. The molecular weight excluding hydrogens is 260 g/mol. The number of carbonyl (C=O) groups excluding carboxylic acids is 1. The molecule has 0 saturated carbocycles. The van der Waals surface area contributed by atoms with Crippen molar-refractivity contribution in [3.05, 3.63) is 29.5 Å². The molecule has 0 N–H and O–H groups in total. The minimum atomic E-state index is -0.451. The molecule has 7 heteroatoms. The Morgan fingerprint density at radius 2 is 2.05 bits per heavy atom. The molecule has 0 saturated heterocycles. The number of aromatic nitrogens is 4. The second kappa shape index (κ2) is 6.14. The molecule has 106 valence electrons. The fourth-order valence-electron chi connectivity index (χ4n) is 1.76. The number of hydrogen-bond donors (Lipinski definition) is 0. The first-order valence-corrected chi connectivity index (χ1v) is 6.34. The predicted molar refractivity (Wildman–Crippen MR) is 72.0 cm³/mol. The van der Waals surface area contributed by atoms with Gasteiger partial charge in [-0.15, -0.1) is 0 Å². The molecule has 0 aliphatic heterocycles. The summed E-state index contributed by atoms with van der Waals surface area (Å²) in [5.74, 6) is 0.627. The zero-order valence-electron chi connectivity index (χ0n) is 11.7. The average molecular weight is 276 g/mol. The molecule has 0 aliphatic rings. The third-order valence-corrected chi connectivity index (χ3v) is 2.55. The van der Waals surface area contributed by atoms with Gasteiger partial charge in [0.25, 0.3) is 5.78 Å². The van der Waals surface area contributed by atoms with Crippen molar-refractivity contribution in [2.75, 3.05) is 13.2 Å². The van der Waals surface area contributed by atoms with Crippen LogP contribution in [0.15, 0.2) is 18.3 Å². The first-order valence-electron chi connectivity index (χ1n) is 6.34. The van der Waals surface area contributed by atoms with Crippen molar-refractivity contribution < 1.29 is 14.3 Å². The zero-order chi connectivity index (χ0) is 14.5. The summed E-state index contributed by atoms with van der Waals surface area (Å²) in [5.41, 5.74) is 0.862. The average Bonchev–Trinajstić information content (AvgIpc) is 2.88. The fraction of sp³-hybridized carbons (Fsp3) is 0.385. The summed E-state index contributed by atoms with van der Waals surface area (Å²) in [4.78, 5) is 20.1. The molecule has 0 atom stereocenters. The van der Waals surface area contributed by atoms with Crippen molar-refractivity contribution in [2.24, 2.45) is 0 Å². The van der Waals surface area contributed by atoms with Crippen LogP contribution in [-0.2, 0) is 9.47 Å². The first-order chi connectivity index (χ1) is 9.67. The molecule has 7 nitrogen and oxygen atoms in total. The van der Waals surface area contributed by atoms with Crippen LogP contribution in [0.1, 0.15) is 36.8 Å². The molecule has 2 aromatic heterocycles. The van der Waals surface area contributed by atoms with Crippen LogP contribution in [-0.4, -0.2) is 38.8 Å². The number of nitrogens with zero attached hydrogens (tertiary/aromatic N) is 4. The highest BCUT2D eigenvalue weighted by Crippen LogP contribution is 2.15. The van der Waals surface area contributed by atoms with E-state index in [-0.39, 0.29) is 0 Å². The highest BCUT2D eigenvalue weighted by Gasteiger charge is 2.16. The second-order valence-corrected chi connectivity index (χ2v) is 3.94. The molecule has 2 aromatic rings. The lowest BCUT2D eigenvalue weighted by molar-refractivity contribution is 0.0525. The van der Waals surface area contributed by atoms with E-state index in [1.165, 1.54) is 17.0 Å². The van der Waals surface area contributed by atoms with E-state index in [0.717, 1.165) is 0 Å². The summed E-state index contributed by atoms with van der Waals surface area (Å²) in [6.07, 6.45) is 4.54. The summed E-state index contributed by atoms with van der Waals surface area (Å²) in [6, 6.07) is 0. The van der Waals surface area contributed by atoms with Gasteiger partial charge in [0.1, 0.15) is 11.9 Å². The Balaban J connectivity index is 2.56. The van der Waals surface area contributed by atoms with E-state index in [1.54, 1.807) is 13.0 Å². The lowest BCUT2D eigenvalue weighted by Crippen LogP contribution is -2.11. The van der Waals surface area contributed by atoms with Crippen LogP contribution >= 0.6 is 0 Å². The molecular formula is C13H16N4O3. The van der Waals surface area contributed by atoms with Gasteiger partial charge in [-0.3, -0.25) is 0 Å². The molecule has 0 aliphatic carbocycles. The van der Waals surface area contributed by atoms with E-state index >= 15 is 0 Å².